The molecule has 160 valence electrons. The summed E-state index contributed by atoms with van der Waals surface area (Å²) in [5.74, 6) is -1.32. The number of aliphatic hydroxyl groups is 6. The Balaban J connectivity index is 2.00. The molecule has 4 rings (SSSR count). The van der Waals surface area contributed by atoms with Gasteiger partial charge in [-0.1, -0.05) is 27.7 Å². The van der Waals surface area contributed by atoms with Crippen molar-refractivity contribution in [1.82, 2.24) is 0 Å². The van der Waals surface area contributed by atoms with Gasteiger partial charge >= 0.3 is 0 Å². The van der Waals surface area contributed by atoms with Crippen LogP contribution in [0.2, 0.25) is 0 Å². The van der Waals surface area contributed by atoms with Crippen molar-refractivity contribution in [3.63, 3.8) is 0 Å². The molecule has 8 unspecified atom stereocenters. The Hall–Kier alpha value is -0.540. The van der Waals surface area contributed by atoms with E-state index in [1.165, 1.54) is 0 Å². The van der Waals surface area contributed by atoms with Gasteiger partial charge in [0.15, 0.2) is 0 Å². The summed E-state index contributed by atoms with van der Waals surface area (Å²) >= 11 is 0. The van der Waals surface area contributed by atoms with E-state index in [9.17, 15) is 30.6 Å². The number of rotatable bonds is 0. The number of hydrogen-bond donors (Lipinski definition) is 6. The highest BCUT2D eigenvalue weighted by Crippen LogP contribution is 2.64. The molecule has 1 heterocycles. The van der Waals surface area contributed by atoms with Gasteiger partial charge in [0.05, 0.1) is 36.6 Å². The van der Waals surface area contributed by atoms with Crippen LogP contribution in [0.1, 0.15) is 47.5 Å². The first-order valence-electron chi connectivity index (χ1n) is 10.2. The third-order valence-corrected chi connectivity index (χ3v) is 9.11. The molecule has 3 aliphatic carbocycles. The van der Waals surface area contributed by atoms with E-state index in [1.54, 1.807) is 13.8 Å². The zero-order chi connectivity index (χ0) is 21.0. The molecule has 10 atom stereocenters. The molecular weight excluding hydrogens is 364 g/mol. The lowest BCUT2D eigenvalue weighted by Crippen LogP contribution is -2.79. The van der Waals surface area contributed by atoms with Gasteiger partial charge in [-0.2, -0.15) is 0 Å². The first-order chi connectivity index (χ1) is 12.7. The van der Waals surface area contributed by atoms with Gasteiger partial charge in [-0.05, 0) is 24.0 Å². The van der Waals surface area contributed by atoms with E-state index in [2.05, 4.69) is 0 Å². The van der Waals surface area contributed by atoms with Gasteiger partial charge < -0.3 is 35.4 Å². The second kappa shape index (κ2) is 5.78. The first-order valence-corrected chi connectivity index (χ1v) is 10.2. The topological polar surface area (TPSA) is 131 Å². The van der Waals surface area contributed by atoms with Crippen LogP contribution in [0.5, 0.6) is 0 Å². The lowest BCUT2D eigenvalue weighted by Gasteiger charge is -2.69. The molecule has 1 aliphatic heterocycles. The second-order valence-corrected chi connectivity index (χ2v) is 10.4. The first kappa shape index (κ1) is 20.7. The van der Waals surface area contributed by atoms with Crippen LogP contribution in [0.3, 0.4) is 0 Å². The Morgan fingerprint density at radius 3 is 2.18 bits per heavy atom. The van der Waals surface area contributed by atoms with Crippen molar-refractivity contribution < 1.29 is 35.4 Å². The van der Waals surface area contributed by atoms with E-state index < -0.39 is 64.4 Å². The minimum Gasteiger partial charge on any atom is -0.392 e. The SMILES string of the molecule is CC1=C2C(O)C(O)[C@]3(C)C(O)CC4OC[C@@]4(O)C3C(C)C(O)(CC1O)C2(C)C. The van der Waals surface area contributed by atoms with Crippen molar-refractivity contribution in [2.45, 2.75) is 89.2 Å². The standard InChI is InChI=1S/C21H34O7/c1-9-11(22)7-21(27)10(2)16-19(5,12(23)6-13-20(16,26)8-28-13)17(25)15(24)14(9)18(21,3)4/h10-13,15-17,22-27H,6-8H2,1-5H3/t10?,11?,12?,13?,15?,16?,17?,19-,20+,21?/m1/s1. The molecule has 3 fully saturated rings. The average molecular weight is 398 g/mol. The van der Waals surface area contributed by atoms with Crippen molar-refractivity contribution in [2.75, 3.05) is 6.61 Å². The molecule has 0 aromatic heterocycles. The Kier molecular flexibility index (Phi) is 4.28. The van der Waals surface area contributed by atoms with Crippen LogP contribution in [0, 0.1) is 22.7 Å². The van der Waals surface area contributed by atoms with E-state index in [0.29, 0.717) is 11.1 Å². The van der Waals surface area contributed by atoms with Gasteiger partial charge in [0.1, 0.15) is 11.7 Å². The summed E-state index contributed by atoms with van der Waals surface area (Å²) in [5, 5.41) is 67.7. The normalized spacial score (nSPS) is 58.2. The van der Waals surface area contributed by atoms with Gasteiger partial charge in [0.25, 0.3) is 0 Å². The summed E-state index contributed by atoms with van der Waals surface area (Å²) in [4.78, 5) is 0. The molecule has 7 nitrogen and oxygen atoms in total. The van der Waals surface area contributed by atoms with Gasteiger partial charge in [-0.15, -0.1) is 0 Å². The zero-order valence-electron chi connectivity index (χ0n) is 17.3. The van der Waals surface area contributed by atoms with Crippen molar-refractivity contribution >= 4 is 0 Å². The monoisotopic (exact) mass is 398 g/mol. The van der Waals surface area contributed by atoms with Crippen LogP contribution < -0.4 is 0 Å². The zero-order valence-corrected chi connectivity index (χ0v) is 17.3. The highest BCUT2D eigenvalue weighted by molar-refractivity contribution is 5.38. The number of aliphatic hydroxyl groups excluding tert-OH is 4. The summed E-state index contributed by atoms with van der Waals surface area (Å²) in [7, 11) is 0. The maximum atomic E-state index is 12.0. The van der Waals surface area contributed by atoms with E-state index in [0.717, 1.165) is 0 Å². The highest BCUT2D eigenvalue weighted by Gasteiger charge is 2.73. The Bertz CT molecular complexity index is 720. The Morgan fingerprint density at radius 2 is 1.64 bits per heavy atom. The molecular formula is C21H34O7. The fraction of sp³-hybridized carbons (Fsp3) is 0.905. The predicted molar refractivity (Wildman–Crippen MR) is 100 cm³/mol. The van der Waals surface area contributed by atoms with Crippen LogP contribution in [0.25, 0.3) is 0 Å². The van der Waals surface area contributed by atoms with Gasteiger partial charge in [-0.3, -0.25) is 0 Å². The fourth-order valence-electron chi connectivity index (χ4n) is 7.23. The van der Waals surface area contributed by atoms with Crippen molar-refractivity contribution in [3.05, 3.63) is 11.1 Å². The maximum Gasteiger partial charge on any atom is 0.118 e. The summed E-state index contributed by atoms with van der Waals surface area (Å²) in [5.41, 5.74) is -4.02. The third kappa shape index (κ3) is 2.09. The van der Waals surface area contributed by atoms with E-state index >= 15 is 0 Å². The summed E-state index contributed by atoms with van der Waals surface area (Å²) in [6, 6.07) is 0. The van der Waals surface area contributed by atoms with Crippen LogP contribution >= 0.6 is 0 Å². The molecule has 2 bridgehead atoms. The Labute approximate surface area is 165 Å². The molecule has 0 spiro atoms. The number of ether oxygens (including phenoxy) is 1. The third-order valence-electron chi connectivity index (χ3n) is 9.11. The van der Waals surface area contributed by atoms with E-state index in [4.69, 9.17) is 4.74 Å². The molecule has 0 radical (unpaired) electrons. The van der Waals surface area contributed by atoms with Crippen LogP contribution in [0.4, 0.5) is 0 Å². The molecule has 0 aromatic carbocycles. The second-order valence-electron chi connectivity index (χ2n) is 10.4. The summed E-state index contributed by atoms with van der Waals surface area (Å²) in [6.07, 6.45) is -5.10. The smallest absolute Gasteiger partial charge is 0.118 e. The summed E-state index contributed by atoms with van der Waals surface area (Å²) < 4.78 is 5.52. The van der Waals surface area contributed by atoms with Crippen LogP contribution in [-0.4, -0.2) is 79.0 Å². The van der Waals surface area contributed by atoms with E-state index in [1.807, 2.05) is 20.8 Å². The maximum absolute atomic E-state index is 12.0. The lowest BCUT2D eigenvalue weighted by atomic mass is 9.42. The minimum absolute atomic E-state index is 0.0542. The largest absolute Gasteiger partial charge is 0.392 e. The van der Waals surface area contributed by atoms with Crippen LogP contribution in [0.15, 0.2) is 11.1 Å². The van der Waals surface area contributed by atoms with Gasteiger partial charge in [0.2, 0.25) is 0 Å². The van der Waals surface area contributed by atoms with Gasteiger partial charge in [-0.25, -0.2) is 0 Å². The van der Waals surface area contributed by atoms with Gasteiger partial charge in [0, 0.05) is 29.6 Å². The molecule has 28 heavy (non-hydrogen) atoms. The van der Waals surface area contributed by atoms with Crippen molar-refractivity contribution in [3.8, 4) is 0 Å². The average Bonchev–Trinajstić information content (AvgIpc) is 2.60. The van der Waals surface area contributed by atoms with E-state index in [-0.39, 0.29) is 19.4 Å². The lowest BCUT2D eigenvalue weighted by molar-refractivity contribution is -0.356. The van der Waals surface area contributed by atoms with Crippen LogP contribution in [-0.2, 0) is 4.74 Å². The molecule has 6 N–H and O–H groups in total. The summed E-state index contributed by atoms with van der Waals surface area (Å²) in [6.45, 7) is 8.88. The fourth-order valence-corrected chi connectivity index (χ4v) is 7.23. The van der Waals surface area contributed by atoms with Crippen molar-refractivity contribution in [1.29, 1.82) is 0 Å². The number of fused-ring (bicyclic) bond motifs is 5. The predicted octanol–water partition coefficient (Wildman–Crippen LogP) is -0.287. The quantitative estimate of drug-likeness (QED) is 0.309. The molecule has 1 saturated heterocycles. The molecule has 0 amide bonds. The molecule has 0 aromatic rings. The highest BCUT2D eigenvalue weighted by atomic mass is 16.6. The molecule has 2 saturated carbocycles. The Morgan fingerprint density at radius 1 is 1.04 bits per heavy atom. The number of hydrogen-bond acceptors (Lipinski definition) is 7. The molecule has 4 aliphatic rings. The molecule has 7 heteroatoms. The van der Waals surface area contributed by atoms with Crippen molar-refractivity contribution in [2.24, 2.45) is 22.7 Å². The minimum atomic E-state index is -1.46.